The van der Waals surface area contributed by atoms with Crippen molar-refractivity contribution in [2.24, 2.45) is 0 Å². The highest BCUT2D eigenvalue weighted by atomic mass is 16.6. The van der Waals surface area contributed by atoms with Crippen LogP contribution in [0, 0.1) is 0 Å². The molecule has 0 atom stereocenters. The lowest BCUT2D eigenvalue weighted by atomic mass is 10.0. The van der Waals surface area contributed by atoms with Gasteiger partial charge in [-0.2, -0.15) is 0 Å². The summed E-state index contributed by atoms with van der Waals surface area (Å²) in [7, 11) is 4.11. The first-order chi connectivity index (χ1) is 16.5. The second kappa shape index (κ2) is 11.0. The molecule has 2 amide bonds. The number of rotatable bonds is 6. The Labute approximate surface area is 201 Å². The van der Waals surface area contributed by atoms with E-state index in [0.717, 1.165) is 23.2 Å². The number of nitrogens with zero attached hydrogens (tertiary/aromatic N) is 3. The van der Waals surface area contributed by atoms with Crippen molar-refractivity contribution >= 4 is 12.0 Å². The molecular formula is C28H31N3O3. The molecule has 6 heteroatoms. The van der Waals surface area contributed by atoms with Crippen LogP contribution < -0.4 is 0 Å². The Morgan fingerprint density at radius 1 is 0.765 bits per heavy atom. The van der Waals surface area contributed by atoms with E-state index >= 15 is 0 Å². The van der Waals surface area contributed by atoms with Crippen LogP contribution in [0.15, 0.2) is 78.9 Å². The van der Waals surface area contributed by atoms with Crippen LogP contribution in [-0.2, 0) is 17.9 Å². The van der Waals surface area contributed by atoms with E-state index in [1.165, 1.54) is 5.56 Å². The first-order valence-electron chi connectivity index (χ1n) is 11.6. The third kappa shape index (κ3) is 6.02. The Morgan fingerprint density at radius 3 is 2.09 bits per heavy atom. The van der Waals surface area contributed by atoms with Crippen LogP contribution in [0.25, 0.3) is 11.1 Å². The Bertz CT molecular complexity index is 1110. The van der Waals surface area contributed by atoms with E-state index < -0.39 is 0 Å². The van der Waals surface area contributed by atoms with Crippen LogP contribution in [0.1, 0.15) is 21.5 Å². The summed E-state index contributed by atoms with van der Waals surface area (Å²) in [6.07, 6.45) is -0.336. The van der Waals surface area contributed by atoms with Gasteiger partial charge in [-0.15, -0.1) is 0 Å². The summed E-state index contributed by atoms with van der Waals surface area (Å²) in [5.74, 6) is -0.00906. The van der Waals surface area contributed by atoms with E-state index in [0.29, 0.717) is 31.7 Å². The summed E-state index contributed by atoms with van der Waals surface area (Å²) in [5.41, 5.74) is 5.10. The lowest BCUT2D eigenvalue weighted by Gasteiger charge is -2.34. The van der Waals surface area contributed by atoms with Gasteiger partial charge in [0.15, 0.2) is 0 Å². The molecule has 176 valence electrons. The zero-order valence-corrected chi connectivity index (χ0v) is 19.8. The Hall–Kier alpha value is -3.64. The van der Waals surface area contributed by atoms with Crippen molar-refractivity contribution in [2.45, 2.75) is 13.2 Å². The van der Waals surface area contributed by atoms with Crippen molar-refractivity contribution in [1.29, 1.82) is 0 Å². The van der Waals surface area contributed by atoms with Crippen LogP contribution in [0.3, 0.4) is 0 Å². The number of piperazine rings is 1. The fraction of sp³-hybridized carbons (Fsp3) is 0.286. The Balaban J connectivity index is 1.30. The summed E-state index contributed by atoms with van der Waals surface area (Å²) < 4.78 is 5.41. The van der Waals surface area contributed by atoms with Gasteiger partial charge in [0.1, 0.15) is 6.61 Å². The maximum atomic E-state index is 13.0. The first-order valence-corrected chi connectivity index (χ1v) is 11.6. The van der Waals surface area contributed by atoms with Crippen molar-refractivity contribution in [3.05, 3.63) is 95.6 Å². The fourth-order valence-corrected chi connectivity index (χ4v) is 4.10. The molecule has 3 aromatic rings. The number of benzene rings is 3. The SMILES string of the molecule is CN(C)Cc1cccc(-c2ccc(C(=O)N3CCN(C(=O)OCc4ccccc4)CC3)cc2)c1. The predicted octanol–water partition coefficient (Wildman–Crippen LogP) is 4.51. The molecule has 34 heavy (non-hydrogen) atoms. The molecule has 1 fully saturated rings. The molecule has 1 saturated heterocycles. The van der Waals surface area contributed by atoms with E-state index in [1.807, 2.05) is 54.6 Å². The standard InChI is InChI=1S/C28H31N3O3/c1-29(2)20-23-9-6-10-26(19-23)24-11-13-25(14-12-24)27(32)30-15-17-31(18-16-30)28(33)34-21-22-7-4-3-5-8-22/h3-14,19H,15-18,20-21H2,1-2H3. The molecule has 0 bridgehead atoms. The molecule has 0 aliphatic carbocycles. The number of carbonyl (C=O) groups is 2. The van der Waals surface area contributed by atoms with Crippen LogP contribution in [0.4, 0.5) is 4.79 Å². The topological polar surface area (TPSA) is 53.1 Å². The zero-order valence-electron chi connectivity index (χ0n) is 19.8. The molecule has 0 unspecified atom stereocenters. The smallest absolute Gasteiger partial charge is 0.410 e. The van der Waals surface area contributed by atoms with E-state index in [2.05, 4.69) is 43.3 Å². The van der Waals surface area contributed by atoms with Gasteiger partial charge >= 0.3 is 6.09 Å². The van der Waals surface area contributed by atoms with Gasteiger partial charge < -0.3 is 19.4 Å². The summed E-state index contributed by atoms with van der Waals surface area (Å²) in [4.78, 5) is 31.0. The molecule has 1 heterocycles. The average molecular weight is 458 g/mol. The van der Waals surface area contributed by atoms with Gasteiger partial charge in [-0.05, 0) is 54.5 Å². The summed E-state index contributed by atoms with van der Waals surface area (Å²) in [5, 5.41) is 0. The number of hydrogen-bond acceptors (Lipinski definition) is 4. The molecule has 6 nitrogen and oxygen atoms in total. The number of ether oxygens (including phenoxy) is 1. The van der Waals surface area contributed by atoms with Crippen molar-refractivity contribution in [3.8, 4) is 11.1 Å². The normalized spacial score (nSPS) is 13.7. The second-order valence-corrected chi connectivity index (χ2v) is 8.83. The van der Waals surface area contributed by atoms with Crippen molar-refractivity contribution in [3.63, 3.8) is 0 Å². The third-order valence-electron chi connectivity index (χ3n) is 5.92. The molecule has 3 aromatic carbocycles. The minimum Gasteiger partial charge on any atom is -0.445 e. The lowest BCUT2D eigenvalue weighted by molar-refractivity contribution is 0.0544. The summed E-state index contributed by atoms with van der Waals surface area (Å²) in [6, 6.07) is 25.9. The quantitative estimate of drug-likeness (QED) is 0.547. The van der Waals surface area contributed by atoms with Gasteiger partial charge in [-0.25, -0.2) is 4.79 Å². The highest BCUT2D eigenvalue weighted by Crippen LogP contribution is 2.22. The molecule has 0 N–H and O–H groups in total. The van der Waals surface area contributed by atoms with Crippen molar-refractivity contribution in [2.75, 3.05) is 40.3 Å². The number of carbonyl (C=O) groups excluding carboxylic acids is 2. The van der Waals surface area contributed by atoms with Gasteiger partial charge in [0.25, 0.3) is 5.91 Å². The second-order valence-electron chi connectivity index (χ2n) is 8.83. The van der Waals surface area contributed by atoms with E-state index in [4.69, 9.17) is 4.74 Å². The molecule has 1 aliphatic rings. The van der Waals surface area contributed by atoms with Gasteiger partial charge in [0.2, 0.25) is 0 Å². The highest BCUT2D eigenvalue weighted by Gasteiger charge is 2.25. The van der Waals surface area contributed by atoms with Crippen LogP contribution >= 0.6 is 0 Å². The van der Waals surface area contributed by atoms with Gasteiger partial charge in [-0.1, -0.05) is 60.7 Å². The summed E-state index contributed by atoms with van der Waals surface area (Å²) >= 11 is 0. The monoisotopic (exact) mass is 457 g/mol. The Morgan fingerprint density at radius 2 is 1.41 bits per heavy atom. The van der Waals surface area contributed by atoms with Crippen molar-refractivity contribution < 1.29 is 14.3 Å². The van der Waals surface area contributed by atoms with Crippen LogP contribution in [-0.4, -0.2) is 67.0 Å². The molecule has 0 radical (unpaired) electrons. The minimum atomic E-state index is -0.336. The molecule has 1 aliphatic heterocycles. The lowest BCUT2D eigenvalue weighted by Crippen LogP contribution is -2.50. The number of hydrogen-bond donors (Lipinski definition) is 0. The largest absolute Gasteiger partial charge is 0.445 e. The predicted molar refractivity (Wildman–Crippen MR) is 133 cm³/mol. The Kier molecular flexibility index (Phi) is 7.60. The fourth-order valence-electron chi connectivity index (χ4n) is 4.10. The van der Waals surface area contributed by atoms with Crippen molar-refractivity contribution in [1.82, 2.24) is 14.7 Å². The number of amides is 2. The molecule has 0 saturated carbocycles. The third-order valence-corrected chi connectivity index (χ3v) is 5.92. The van der Waals surface area contributed by atoms with Crippen LogP contribution in [0.2, 0.25) is 0 Å². The van der Waals surface area contributed by atoms with Gasteiger partial charge in [0.05, 0.1) is 0 Å². The van der Waals surface area contributed by atoms with Gasteiger partial charge in [-0.3, -0.25) is 4.79 Å². The highest BCUT2D eigenvalue weighted by molar-refractivity contribution is 5.95. The van der Waals surface area contributed by atoms with E-state index in [9.17, 15) is 9.59 Å². The van der Waals surface area contributed by atoms with Crippen LogP contribution in [0.5, 0.6) is 0 Å². The van der Waals surface area contributed by atoms with E-state index in [1.54, 1.807) is 9.80 Å². The van der Waals surface area contributed by atoms with Gasteiger partial charge in [0, 0.05) is 38.3 Å². The maximum Gasteiger partial charge on any atom is 0.410 e. The average Bonchev–Trinajstić information content (AvgIpc) is 2.87. The first kappa shape index (κ1) is 23.5. The molecule has 0 spiro atoms. The molecule has 0 aromatic heterocycles. The molecular weight excluding hydrogens is 426 g/mol. The minimum absolute atomic E-state index is 0.00906. The zero-order chi connectivity index (χ0) is 23.9. The maximum absolute atomic E-state index is 13.0. The van der Waals surface area contributed by atoms with E-state index in [-0.39, 0.29) is 18.6 Å². The molecule has 4 rings (SSSR count). The summed E-state index contributed by atoms with van der Waals surface area (Å²) in [6.45, 7) is 3.06.